The molecule has 1 aromatic carbocycles. The van der Waals surface area contributed by atoms with Gasteiger partial charge in [0.25, 0.3) is 0 Å². The lowest BCUT2D eigenvalue weighted by Crippen LogP contribution is -2.18. The first-order valence-electron chi connectivity index (χ1n) is 7.92. The standard InChI is InChI=1S/C18H26O4/c1-5-13(3)11-21-17(19)15-9-7-8-10-16(15)18(20)22-12-14(4)6-2/h7-10,13-14H,5-6,11-12H2,1-4H3/t13-,14+. The third-order valence-corrected chi connectivity index (χ3v) is 3.76. The van der Waals surface area contributed by atoms with Crippen molar-refractivity contribution in [2.24, 2.45) is 11.8 Å². The van der Waals surface area contributed by atoms with Gasteiger partial charge in [-0.1, -0.05) is 52.7 Å². The molecule has 0 aromatic heterocycles. The van der Waals surface area contributed by atoms with Gasteiger partial charge in [0.05, 0.1) is 24.3 Å². The molecule has 0 N–H and O–H groups in total. The van der Waals surface area contributed by atoms with E-state index in [-0.39, 0.29) is 11.1 Å². The molecule has 0 unspecified atom stereocenters. The molecule has 4 nitrogen and oxygen atoms in total. The second kappa shape index (κ2) is 9.23. The van der Waals surface area contributed by atoms with E-state index in [1.54, 1.807) is 24.3 Å². The fraction of sp³-hybridized carbons (Fsp3) is 0.556. The Hall–Kier alpha value is -1.84. The number of ether oxygens (including phenoxy) is 2. The van der Waals surface area contributed by atoms with Crippen LogP contribution in [0.15, 0.2) is 24.3 Å². The van der Waals surface area contributed by atoms with Crippen LogP contribution in [0.1, 0.15) is 61.3 Å². The summed E-state index contributed by atoms with van der Waals surface area (Å²) >= 11 is 0. The van der Waals surface area contributed by atoms with Crippen LogP contribution in [0.25, 0.3) is 0 Å². The Morgan fingerprint density at radius 2 is 1.23 bits per heavy atom. The Labute approximate surface area is 132 Å². The van der Waals surface area contributed by atoms with Crippen LogP contribution in [0.4, 0.5) is 0 Å². The van der Waals surface area contributed by atoms with Gasteiger partial charge in [-0.05, 0) is 24.0 Å². The summed E-state index contributed by atoms with van der Waals surface area (Å²) in [5.41, 5.74) is 0.528. The number of hydrogen-bond acceptors (Lipinski definition) is 4. The molecule has 1 rings (SSSR count). The number of rotatable bonds is 8. The van der Waals surface area contributed by atoms with E-state index in [4.69, 9.17) is 9.47 Å². The fourth-order valence-electron chi connectivity index (χ4n) is 1.67. The number of carbonyl (C=O) groups is 2. The highest BCUT2D eigenvalue weighted by Gasteiger charge is 2.19. The van der Waals surface area contributed by atoms with Gasteiger partial charge in [0.1, 0.15) is 0 Å². The van der Waals surface area contributed by atoms with Crippen LogP contribution in [0.5, 0.6) is 0 Å². The van der Waals surface area contributed by atoms with Crippen LogP contribution >= 0.6 is 0 Å². The molecule has 0 saturated carbocycles. The summed E-state index contributed by atoms with van der Waals surface area (Å²) in [5.74, 6) is -0.352. The van der Waals surface area contributed by atoms with E-state index >= 15 is 0 Å². The molecule has 0 bridgehead atoms. The van der Waals surface area contributed by atoms with Crippen molar-refractivity contribution < 1.29 is 19.1 Å². The molecule has 0 heterocycles. The second-order valence-corrected chi connectivity index (χ2v) is 5.77. The van der Waals surface area contributed by atoms with Gasteiger partial charge >= 0.3 is 11.9 Å². The number of hydrogen-bond donors (Lipinski definition) is 0. The van der Waals surface area contributed by atoms with Gasteiger partial charge in [0.15, 0.2) is 0 Å². The number of carbonyl (C=O) groups excluding carboxylic acids is 2. The zero-order valence-electron chi connectivity index (χ0n) is 13.9. The maximum Gasteiger partial charge on any atom is 0.339 e. The van der Waals surface area contributed by atoms with Crippen molar-refractivity contribution in [2.45, 2.75) is 40.5 Å². The Balaban J connectivity index is 2.76. The fourth-order valence-corrected chi connectivity index (χ4v) is 1.67. The molecule has 0 spiro atoms. The summed E-state index contributed by atoms with van der Waals surface area (Å²) in [5, 5.41) is 0. The van der Waals surface area contributed by atoms with E-state index < -0.39 is 11.9 Å². The normalized spacial score (nSPS) is 13.3. The van der Waals surface area contributed by atoms with Gasteiger partial charge < -0.3 is 9.47 Å². The first-order chi connectivity index (χ1) is 10.5. The van der Waals surface area contributed by atoms with Gasteiger partial charge in [-0.2, -0.15) is 0 Å². The van der Waals surface area contributed by atoms with Crippen molar-refractivity contribution in [1.29, 1.82) is 0 Å². The van der Waals surface area contributed by atoms with E-state index in [0.717, 1.165) is 12.8 Å². The largest absolute Gasteiger partial charge is 0.462 e. The number of esters is 2. The SMILES string of the molecule is CC[C@@H](C)COC(=O)c1ccccc1C(=O)OC[C@@H](C)CC. The zero-order chi connectivity index (χ0) is 16.5. The van der Waals surface area contributed by atoms with Gasteiger partial charge in [-0.25, -0.2) is 9.59 Å². The van der Waals surface area contributed by atoms with Crippen molar-refractivity contribution in [3.05, 3.63) is 35.4 Å². The zero-order valence-corrected chi connectivity index (χ0v) is 13.9. The molecular weight excluding hydrogens is 280 g/mol. The van der Waals surface area contributed by atoms with Crippen molar-refractivity contribution in [2.75, 3.05) is 13.2 Å². The van der Waals surface area contributed by atoms with E-state index in [9.17, 15) is 9.59 Å². The van der Waals surface area contributed by atoms with Crippen LogP contribution in [0.3, 0.4) is 0 Å². The average molecular weight is 306 g/mol. The maximum absolute atomic E-state index is 12.2. The summed E-state index contributed by atoms with van der Waals surface area (Å²) in [7, 11) is 0. The average Bonchev–Trinajstić information content (AvgIpc) is 2.56. The Morgan fingerprint density at radius 3 is 1.55 bits per heavy atom. The predicted molar refractivity (Wildman–Crippen MR) is 85.9 cm³/mol. The third-order valence-electron chi connectivity index (χ3n) is 3.76. The molecule has 0 saturated heterocycles. The topological polar surface area (TPSA) is 52.6 Å². The molecule has 0 radical (unpaired) electrons. The summed E-state index contributed by atoms with van der Waals surface area (Å²) in [4.78, 5) is 24.3. The first kappa shape index (κ1) is 18.2. The number of benzene rings is 1. The summed E-state index contributed by atoms with van der Waals surface area (Å²) in [6.45, 7) is 8.81. The molecule has 1 aromatic rings. The minimum Gasteiger partial charge on any atom is -0.462 e. The summed E-state index contributed by atoms with van der Waals surface area (Å²) in [6.07, 6.45) is 1.87. The summed E-state index contributed by atoms with van der Waals surface area (Å²) < 4.78 is 10.5. The van der Waals surface area contributed by atoms with Crippen LogP contribution < -0.4 is 0 Å². The molecule has 0 amide bonds. The minimum absolute atomic E-state index is 0.264. The van der Waals surface area contributed by atoms with Crippen LogP contribution in [-0.2, 0) is 9.47 Å². The molecule has 0 aliphatic carbocycles. The second-order valence-electron chi connectivity index (χ2n) is 5.77. The van der Waals surface area contributed by atoms with Crippen LogP contribution in [0, 0.1) is 11.8 Å². The molecule has 2 atom stereocenters. The molecule has 4 heteroatoms. The highest BCUT2D eigenvalue weighted by atomic mass is 16.5. The van der Waals surface area contributed by atoms with E-state index in [1.165, 1.54) is 0 Å². The van der Waals surface area contributed by atoms with Gasteiger partial charge in [0.2, 0.25) is 0 Å². The molecule has 122 valence electrons. The van der Waals surface area contributed by atoms with Crippen LogP contribution in [-0.4, -0.2) is 25.2 Å². The molecule has 0 fully saturated rings. The lowest BCUT2D eigenvalue weighted by atomic mass is 10.1. The van der Waals surface area contributed by atoms with Crippen molar-refractivity contribution in [3.8, 4) is 0 Å². The van der Waals surface area contributed by atoms with Gasteiger partial charge in [0, 0.05) is 0 Å². The third kappa shape index (κ3) is 5.51. The van der Waals surface area contributed by atoms with E-state index in [1.807, 2.05) is 27.7 Å². The first-order valence-corrected chi connectivity index (χ1v) is 7.92. The maximum atomic E-state index is 12.2. The quantitative estimate of drug-likeness (QED) is 0.679. The lowest BCUT2D eigenvalue weighted by molar-refractivity contribution is 0.0400. The van der Waals surface area contributed by atoms with Gasteiger partial charge in [-0.3, -0.25) is 0 Å². The van der Waals surface area contributed by atoms with E-state index in [0.29, 0.717) is 25.0 Å². The Morgan fingerprint density at radius 1 is 0.864 bits per heavy atom. The van der Waals surface area contributed by atoms with E-state index in [2.05, 4.69) is 0 Å². The van der Waals surface area contributed by atoms with Gasteiger partial charge in [-0.15, -0.1) is 0 Å². The monoisotopic (exact) mass is 306 g/mol. The Kier molecular flexibility index (Phi) is 7.64. The van der Waals surface area contributed by atoms with Crippen molar-refractivity contribution in [3.63, 3.8) is 0 Å². The Bertz CT molecular complexity index is 451. The van der Waals surface area contributed by atoms with Crippen molar-refractivity contribution in [1.82, 2.24) is 0 Å². The minimum atomic E-state index is -0.476. The lowest BCUT2D eigenvalue weighted by Gasteiger charge is -2.13. The van der Waals surface area contributed by atoms with Crippen LogP contribution in [0.2, 0.25) is 0 Å². The smallest absolute Gasteiger partial charge is 0.339 e. The summed E-state index contributed by atoms with van der Waals surface area (Å²) in [6, 6.07) is 6.62. The highest BCUT2D eigenvalue weighted by Crippen LogP contribution is 2.14. The van der Waals surface area contributed by atoms with Crippen molar-refractivity contribution >= 4 is 11.9 Å². The molecule has 0 aliphatic rings. The highest BCUT2D eigenvalue weighted by molar-refractivity contribution is 6.03. The molecule has 0 aliphatic heterocycles. The molecule has 22 heavy (non-hydrogen) atoms. The predicted octanol–water partition coefficient (Wildman–Crippen LogP) is 4.09. The molecular formula is C18H26O4.